The molecule has 8 heteroatoms. The van der Waals surface area contributed by atoms with E-state index in [1.165, 1.54) is 11.3 Å². The molecular formula is C25H17BrCl2N2O2S. The van der Waals surface area contributed by atoms with Crippen LogP contribution in [-0.2, 0) is 6.61 Å². The largest absolute Gasteiger partial charge is 0.486 e. The molecule has 5 rings (SSSR count). The summed E-state index contributed by atoms with van der Waals surface area (Å²) in [6.45, 7) is 4.41. The first-order valence-electron chi connectivity index (χ1n) is 10.1. The Labute approximate surface area is 212 Å². The van der Waals surface area contributed by atoms with Gasteiger partial charge in [-0.2, -0.15) is 0 Å². The lowest BCUT2D eigenvalue weighted by molar-refractivity contribution is 0.306. The maximum absolute atomic E-state index is 13.1. The second kappa shape index (κ2) is 8.76. The molecule has 33 heavy (non-hydrogen) atoms. The van der Waals surface area contributed by atoms with Crippen LogP contribution in [-0.4, -0.2) is 9.38 Å². The molecule has 0 fully saturated rings. The van der Waals surface area contributed by atoms with Crippen LogP contribution in [0, 0.1) is 13.8 Å². The van der Waals surface area contributed by atoms with Gasteiger partial charge in [-0.05, 0) is 78.6 Å². The fourth-order valence-electron chi connectivity index (χ4n) is 3.61. The minimum Gasteiger partial charge on any atom is -0.486 e. The van der Waals surface area contributed by atoms with Crippen molar-refractivity contribution in [1.29, 1.82) is 0 Å². The molecular weight excluding hydrogens is 543 g/mol. The average molecular weight is 560 g/mol. The minimum absolute atomic E-state index is 0.108. The van der Waals surface area contributed by atoms with Gasteiger partial charge < -0.3 is 4.74 Å². The number of imidazole rings is 1. The van der Waals surface area contributed by atoms with E-state index in [4.69, 9.17) is 27.9 Å². The predicted molar refractivity (Wildman–Crippen MR) is 140 cm³/mol. The van der Waals surface area contributed by atoms with Crippen LogP contribution in [0.5, 0.6) is 5.75 Å². The Morgan fingerprint density at radius 2 is 1.73 bits per heavy atom. The number of hydrogen-bond acceptors (Lipinski definition) is 4. The lowest BCUT2D eigenvalue weighted by Gasteiger charge is -2.11. The summed E-state index contributed by atoms with van der Waals surface area (Å²) >= 11 is 17.7. The molecule has 0 N–H and O–H groups in total. The van der Waals surface area contributed by atoms with Crippen LogP contribution >= 0.6 is 50.5 Å². The highest BCUT2D eigenvalue weighted by atomic mass is 79.9. The number of hydrogen-bond donors (Lipinski definition) is 0. The highest BCUT2D eigenvalue weighted by molar-refractivity contribution is 9.10. The Kier molecular flexibility index (Phi) is 5.95. The Morgan fingerprint density at radius 3 is 2.42 bits per heavy atom. The van der Waals surface area contributed by atoms with E-state index < -0.39 is 0 Å². The van der Waals surface area contributed by atoms with Gasteiger partial charge in [-0.25, -0.2) is 9.38 Å². The van der Waals surface area contributed by atoms with Crippen molar-refractivity contribution in [2.75, 3.05) is 0 Å². The first-order chi connectivity index (χ1) is 15.8. The van der Waals surface area contributed by atoms with Crippen LogP contribution in [0.2, 0.25) is 10.0 Å². The number of rotatable bonds is 4. The van der Waals surface area contributed by atoms with Crippen LogP contribution in [0.15, 0.2) is 57.8 Å². The van der Waals surface area contributed by atoms with E-state index in [9.17, 15) is 4.79 Å². The number of thiazole rings is 1. The first-order valence-corrected chi connectivity index (χ1v) is 12.5. The highest BCUT2D eigenvalue weighted by Crippen LogP contribution is 2.35. The summed E-state index contributed by atoms with van der Waals surface area (Å²) in [5, 5.41) is 0.771. The van der Waals surface area contributed by atoms with Crippen LogP contribution in [0.3, 0.4) is 0 Å². The molecule has 5 aromatic rings. The number of aryl methyl sites for hydroxylation is 2. The van der Waals surface area contributed by atoms with Gasteiger partial charge in [0.25, 0.3) is 5.56 Å². The van der Waals surface area contributed by atoms with E-state index in [2.05, 4.69) is 20.9 Å². The second-order valence-corrected chi connectivity index (χ2v) is 10.5. The molecule has 2 heterocycles. The molecule has 3 aromatic carbocycles. The zero-order chi connectivity index (χ0) is 23.3. The van der Waals surface area contributed by atoms with Crippen molar-refractivity contribution in [3.8, 4) is 5.75 Å². The normalized spacial score (nSPS) is 12.2. The zero-order valence-corrected chi connectivity index (χ0v) is 21.6. The molecule has 0 aliphatic carbocycles. The van der Waals surface area contributed by atoms with Gasteiger partial charge in [-0.15, -0.1) is 0 Å². The van der Waals surface area contributed by atoms with Crippen LogP contribution in [0.25, 0.3) is 22.1 Å². The topological polar surface area (TPSA) is 43.6 Å². The summed E-state index contributed by atoms with van der Waals surface area (Å²) in [7, 11) is 0. The molecule has 0 unspecified atom stereocenters. The van der Waals surface area contributed by atoms with Gasteiger partial charge in [0.15, 0.2) is 10.7 Å². The molecule has 0 aliphatic heterocycles. The molecule has 0 atom stereocenters. The van der Waals surface area contributed by atoms with Gasteiger partial charge in [-0.3, -0.25) is 4.79 Å². The fraction of sp³-hybridized carbons (Fsp3) is 0.120. The standard InChI is InChI=1S/C25H17BrCl2N2O2S/c1-13-7-20-21(8-14(13)2)30-24(31)22(33-25(30)29-20)11-16-9-18(27)23(19(28)10-16)32-12-15-3-5-17(26)6-4-15/h3-11H,12H2,1-2H3/b22-11-. The summed E-state index contributed by atoms with van der Waals surface area (Å²) in [4.78, 5) is 18.4. The van der Waals surface area contributed by atoms with E-state index >= 15 is 0 Å². The molecule has 0 amide bonds. The molecule has 0 saturated carbocycles. The van der Waals surface area contributed by atoms with Crippen molar-refractivity contribution < 1.29 is 4.74 Å². The van der Waals surface area contributed by atoms with Crippen molar-refractivity contribution in [2.45, 2.75) is 20.5 Å². The molecule has 2 aromatic heterocycles. The van der Waals surface area contributed by atoms with Crippen molar-refractivity contribution in [3.05, 3.63) is 100 Å². The fourth-order valence-corrected chi connectivity index (χ4v) is 5.47. The molecule has 0 bridgehead atoms. The van der Waals surface area contributed by atoms with Crippen LogP contribution in [0.1, 0.15) is 22.3 Å². The van der Waals surface area contributed by atoms with E-state index in [1.54, 1.807) is 22.6 Å². The third-order valence-corrected chi connectivity index (χ3v) is 7.53. The molecule has 0 aliphatic rings. The number of halogens is 3. The van der Waals surface area contributed by atoms with Crippen molar-refractivity contribution in [2.24, 2.45) is 0 Å². The van der Waals surface area contributed by atoms with Gasteiger partial charge in [0, 0.05) is 4.47 Å². The Morgan fingerprint density at radius 1 is 1.06 bits per heavy atom. The average Bonchev–Trinajstić information content (AvgIpc) is 3.25. The maximum atomic E-state index is 13.1. The number of fused-ring (bicyclic) bond motifs is 3. The zero-order valence-electron chi connectivity index (χ0n) is 17.7. The Balaban J connectivity index is 1.50. The number of benzene rings is 3. The smallest absolute Gasteiger partial charge is 0.274 e. The van der Waals surface area contributed by atoms with Gasteiger partial charge in [0.1, 0.15) is 6.61 Å². The quantitative estimate of drug-likeness (QED) is 0.245. The van der Waals surface area contributed by atoms with Crippen molar-refractivity contribution in [1.82, 2.24) is 9.38 Å². The minimum atomic E-state index is -0.108. The van der Waals surface area contributed by atoms with Crippen molar-refractivity contribution >= 4 is 72.5 Å². The SMILES string of the molecule is Cc1cc2nc3s/c(=C\c4cc(Cl)c(OCc5ccc(Br)cc5)c(Cl)c4)c(=O)n3c2cc1C. The second-order valence-electron chi connectivity index (χ2n) is 7.80. The number of ether oxygens (including phenoxy) is 1. The number of nitrogens with zero attached hydrogens (tertiary/aromatic N) is 2. The summed E-state index contributed by atoms with van der Waals surface area (Å²) in [6, 6.07) is 15.3. The lowest BCUT2D eigenvalue weighted by Crippen LogP contribution is -2.22. The van der Waals surface area contributed by atoms with Gasteiger partial charge >= 0.3 is 0 Å². The molecule has 0 radical (unpaired) electrons. The van der Waals surface area contributed by atoms with E-state index in [1.807, 2.05) is 50.2 Å². The lowest BCUT2D eigenvalue weighted by atomic mass is 10.1. The Hall–Kier alpha value is -2.38. The maximum Gasteiger partial charge on any atom is 0.274 e. The van der Waals surface area contributed by atoms with Crippen molar-refractivity contribution in [3.63, 3.8) is 0 Å². The van der Waals surface area contributed by atoms with Gasteiger partial charge in [-0.1, -0.05) is 62.6 Å². The van der Waals surface area contributed by atoms with E-state index in [0.29, 0.717) is 31.9 Å². The summed E-state index contributed by atoms with van der Waals surface area (Å²) in [5.74, 6) is 0.415. The summed E-state index contributed by atoms with van der Waals surface area (Å²) < 4.78 is 9.09. The van der Waals surface area contributed by atoms with E-state index in [0.717, 1.165) is 37.8 Å². The summed E-state index contributed by atoms with van der Waals surface area (Å²) in [5.41, 5.74) is 5.53. The molecule has 4 nitrogen and oxygen atoms in total. The molecule has 0 saturated heterocycles. The van der Waals surface area contributed by atoms with Crippen LogP contribution < -0.4 is 14.8 Å². The number of aromatic nitrogens is 2. The third-order valence-electron chi connectivity index (χ3n) is 5.47. The monoisotopic (exact) mass is 558 g/mol. The molecule has 166 valence electrons. The van der Waals surface area contributed by atoms with Gasteiger partial charge in [0.05, 0.1) is 25.6 Å². The Bertz CT molecular complexity index is 1620. The summed E-state index contributed by atoms with van der Waals surface area (Å²) in [6.07, 6.45) is 1.78. The van der Waals surface area contributed by atoms with Crippen LogP contribution in [0.4, 0.5) is 0 Å². The molecule has 0 spiro atoms. The highest BCUT2D eigenvalue weighted by Gasteiger charge is 2.14. The third kappa shape index (κ3) is 4.28. The predicted octanol–water partition coefficient (Wildman–Crippen LogP) is 6.72. The first kappa shape index (κ1) is 22.4. The van der Waals surface area contributed by atoms with Gasteiger partial charge in [0.2, 0.25) is 0 Å². The van der Waals surface area contributed by atoms with E-state index in [-0.39, 0.29) is 5.56 Å².